The maximum absolute atomic E-state index is 13.4. The Morgan fingerprint density at radius 3 is 2.54 bits per heavy atom. The van der Waals surface area contributed by atoms with Crippen LogP contribution < -0.4 is 15.4 Å². The first-order valence-corrected chi connectivity index (χ1v) is 13.1. The van der Waals surface area contributed by atoms with Crippen molar-refractivity contribution in [1.29, 1.82) is 0 Å². The van der Waals surface area contributed by atoms with Crippen molar-refractivity contribution >= 4 is 11.8 Å². The minimum Gasteiger partial charge on any atom is -0.457 e. The van der Waals surface area contributed by atoms with Crippen molar-refractivity contribution in [3.8, 4) is 11.5 Å². The number of benzene rings is 3. The number of piperazine rings is 1. The Morgan fingerprint density at radius 1 is 0.973 bits per heavy atom. The van der Waals surface area contributed by atoms with Gasteiger partial charge in [0.2, 0.25) is 11.8 Å². The van der Waals surface area contributed by atoms with Crippen LogP contribution in [0.3, 0.4) is 0 Å². The Hall–Kier alpha value is -3.64. The lowest BCUT2D eigenvalue weighted by molar-refractivity contribution is -0.134. The van der Waals surface area contributed by atoms with E-state index < -0.39 is 0 Å². The van der Waals surface area contributed by atoms with E-state index >= 15 is 0 Å². The van der Waals surface area contributed by atoms with Crippen LogP contribution in [0.15, 0.2) is 72.8 Å². The Labute approximate surface area is 220 Å². The highest BCUT2D eigenvalue weighted by Gasteiger charge is 2.26. The molecule has 0 saturated carbocycles. The summed E-state index contributed by atoms with van der Waals surface area (Å²) in [6, 6.07) is 24.6. The van der Waals surface area contributed by atoms with Crippen molar-refractivity contribution in [2.24, 2.45) is 0 Å². The Bertz CT molecular complexity index is 1200. The van der Waals surface area contributed by atoms with Crippen LogP contribution in [0.2, 0.25) is 0 Å². The highest BCUT2D eigenvalue weighted by atomic mass is 16.5. The van der Waals surface area contributed by atoms with Crippen molar-refractivity contribution < 1.29 is 14.3 Å². The quantitative estimate of drug-likeness (QED) is 0.433. The summed E-state index contributed by atoms with van der Waals surface area (Å²) < 4.78 is 6.41. The van der Waals surface area contributed by atoms with Crippen LogP contribution in [0.1, 0.15) is 35.6 Å². The molecule has 0 bridgehead atoms. The first-order chi connectivity index (χ1) is 18.0. The second-order valence-electron chi connectivity index (χ2n) is 9.69. The van der Waals surface area contributed by atoms with Gasteiger partial charge in [0.05, 0.1) is 0 Å². The van der Waals surface area contributed by atoms with Crippen LogP contribution in [-0.2, 0) is 28.9 Å². The van der Waals surface area contributed by atoms with E-state index in [0.29, 0.717) is 25.8 Å². The molecule has 37 heavy (non-hydrogen) atoms. The molecule has 1 saturated heterocycles. The van der Waals surface area contributed by atoms with E-state index in [2.05, 4.69) is 51.9 Å². The van der Waals surface area contributed by atoms with Gasteiger partial charge < -0.3 is 20.3 Å². The molecule has 0 aromatic heterocycles. The number of hydrogen-bond acceptors (Lipinski definition) is 4. The molecule has 1 aliphatic rings. The maximum atomic E-state index is 13.4. The number of hydrogen-bond donors (Lipinski definition) is 2. The number of amides is 2. The molecule has 1 atom stereocenters. The highest BCUT2D eigenvalue weighted by Crippen LogP contribution is 2.30. The lowest BCUT2D eigenvalue weighted by Crippen LogP contribution is -2.54. The molecule has 6 heteroatoms. The molecular formula is C31H37N3O3. The molecule has 2 N–H and O–H groups in total. The molecule has 0 spiro atoms. The third kappa shape index (κ3) is 7.67. The molecular weight excluding hydrogens is 462 g/mol. The van der Waals surface area contributed by atoms with E-state index in [0.717, 1.165) is 54.2 Å². The summed E-state index contributed by atoms with van der Waals surface area (Å²) in [4.78, 5) is 26.7. The van der Waals surface area contributed by atoms with Gasteiger partial charge >= 0.3 is 0 Å². The summed E-state index contributed by atoms with van der Waals surface area (Å²) in [6.07, 6.45) is 2.59. The molecule has 1 aliphatic heterocycles. The van der Waals surface area contributed by atoms with Crippen LogP contribution in [0.25, 0.3) is 0 Å². The van der Waals surface area contributed by atoms with Crippen LogP contribution >= 0.6 is 0 Å². The van der Waals surface area contributed by atoms with Crippen LogP contribution in [-0.4, -0.2) is 48.9 Å². The lowest BCUT2D eigenvalue weighted by Gasteiger charge is -2.36. The fourth-order valence-corrected chi connectivity index (χ4v) is 4.81. The molecule has 3 aromatic rings. The first-order valence-electron chi connectivity index (χ1n) is 13.1. The largest absolute Gasteiger partial charge is 0.457 e. The topological polar surface area (TPSA) is 70.7 Å². The standard InChI is InChI=1S/C31H37N3O3/c1-23-12-13-27(30(20-23)37-29-11-7-6-10-26(29)16-17-33-24(2)35)14-15-31(36)34-19-18-32-22-28(34)21-25-8-4-3-5-9-25/h3-13,20,28,32H,14-19,21-22H2,1-2H3,(H,33,35)/t28-/m1/s1. The van der Waals surface area contributed by atoms with Crippen molar-refractivity contribution in [2.75, 3.05) is 26.2 Å². The van der Waals surface area contributed by atoms with E-state index in [-0.39, 0.29) is 17.9 Å². The van der Waals surface area contributed by atoms with Gasteiger partial charge in [-0.1, -0.05) is 60.7 Å². The molecule has 1 heterocycles. The Kier molecular flexibility index (Phi) is 9.33. The van der Waals surface area contributed by atoms with E-state index in [9.17, 15) is 9.59 Å². The van der Waals surface area contributed by atoms with Gasteiger partial charge in [-0.15, -0.1) is 0 Å². The van der Waals surface area contributed by atoms with E-state index in [1.165, 1.54) is 12.5 Å². The third-order valence-electron chi connectivity index (χ3n) is 6.78. The fraction of sp³-hybridized carbons (Fsp3) is 0.355. The molecule has 4 rings (SSSR count). The van der Waals surface area contributed by atoms with Gasteiger partial charge in [-0.25, -0.2) is 0 Å². The summed E-state index contributed by atoms with van der Waals surface area (Å²) in [6.45, 7) is 6.49. The van der Waals surface area contributed by atoms with E-state index in [1.807, 2.05) is 43.3 Å². The second kappa shape index (κ2) is 13.1. The molecule has 2 amide bonds. The zero-order valence-corrected chi connectivity index (χ0v) is 21.8. The zero-order chi connectivity index (χ0) is 26.0. The number of ether oxygens (including phenoxy) is 1. The predicted octanol–water partition coefficient (Wildman–Crippen LogP) is 4.44. The number of nitrogens with zero attached hydrogens (tertiary/aromatic N) is 1. The number of aryl methyl sites for hydroxylation is 2. The number of rotatable bonds is 10. The molecule has 0 radical (unpaired) electrons. The van der Waals surface area contributed by atoms with Gasteiger partial charge in [0.25, 0.3) is 0 Å². The van der Waals surface area contributed by atoms with Crippen molar-refractivity contribution in [3.63, 3.8) is 0 Å². The number of carbonyl (C=O) groups excluding carboxylic acids is 2. The number of carbonyl (C=O) groups is 2. The normalized spacial score (nSPS) is 15.3. The van der Waals surface area contributed by atoms with Crippen LogP contribution in [0, 0.1) is 6.92 Å². The number of nitrogens with one attached hydrogen (secondary N) is 2. The van der Waals surface area contributed by atoms with Gasteiger partial charge in [0.15, 0.2) is 0 Å². The fourth-order valence-electron chi connectivity index (χ4n) is 4.81. The highest BCUT2D eigenvalue weighted by molar-refractivity contribution is 5.77. The summed E-state index contributed by atoms with van der Waals surface area (Å²) in [5, 5.41) is 6.29. The minimum atomic E-state index is -0.0421. The van der Waals surface area contributed by atoms with E-state index in [4.69, 9.17) is 4.74 Å². The van der Waals surface area contributed by atoms with Crippen molar-refractivity contribution in [1.82, 2.24) is 15.5 Å². The second-order valence-corrected chi connectivity index (χ2v) is 9.69. The Morgan fingerprint density at radius 2 is 1.73 bits per heavy atom. The van der Waals surface area contributed by atoms with Crippen LogP contribution in [0.4, 0.5) is 0 Å². The Balaban J connectivity index is 1.43. The summed E-state index contributed by atoms with van der Waals surface area (Å²) >= 11 is 0. The molecule has 194 valence electrons. The maximum Gasteiger partial charge on any atom is 0.223 e. The molecule has 3 aromatic carbocycles. The minimum absolute atomic E-state index is 0.0421. The summed E-state index contributed by atoms with van der Waals surface area (Å²) in [5.74, 6) is 1.70. The lowest BCUT2D eigenvalue weighted by atomic mass is 10.0. The smallest absolute Gasteiger partial charge is 0.223 e. The van der Waals surface area contributed by atoms with Gasteiger partial charge in [-0.3, -0.25) is 9.59 Å². The van der Waals surface area contributed by atoms with Gasteiger partial charge in [-0.05, 0) is 60.6 Å². The first kappa shape index (κ1) is 26.4. The molecule has 0 aliphatic carbocycles. The summed E-state index contributed by atoms with van der Waals surface area (Å²) in [5.41, 5.74) is 4.40. The monoisotopic (exact) mass is 499 g/mol. The van der Waals surface area contributed by atoms with Crippen molar-refractivity contribution in [3.05, 3.63) is 95.1 Å². The van der Waals surface area contributed by atoms with Gasteiger partial charge in [0, 0.05) is 45.6 Å². The average Bonchev–Trinajstić information content (AvgIpc) is 2.90. The number of para-hydroxylation sites is 1. The van der Waals surface area contributed by atoms with Crippen molar-refractivity contribution in [2.45, 2.75) is 45.6 Å². The average molecular weight is 500 g/mol. The van der Waals surface area contributed by atoms with Gasteiger partial charge in [-0.2, -0.15) is 0 Å². The molecule has 0 unspecified atom stereocenters. The SMILES string of the molecule is CC(=O)NCCc1ccccc1Oc1cc(C)ccc1CCC(=O)N1CCNC[C@H]1Cc1ccccc1. The third-order valence-corrected chi connectivity index (χ3v) is 6.78. The predicted molar refractivity (Wildman–Crippen MR) is 147 cm³/mol. The van der Waals surface area contributed by atoms with E-state index in [1.54, 1.807) is 0 Å². The zero-order valence-electron chi connectivity index (χ0n) is 21.8. The van der Waals surface area contributed by atoms with Crippen LogP contribution in [0.5, 0.6) is 11.5 Å². The molecule has 6 nitrogen and oxygen atoms in total. The molecule has 1 fully saturated rings. The summed E-state index contributed by atoms with van der Waals surface area (Å²) in [7, 11) is 0. The van der Waals surface area contributed by atoms with Gasteiger partial charge in [0.1, 0.15) is 11.5 Å².